The normalized spacial score (nSPS) is 19.9. The molecule has 0 aromatic heterocycles. The van der Waals surface area contributed by atoms with E-state index in [1.54, 1.807) is 4.90 Å². The molecule has 2 nitrogen and oxygen atoms in total. The second kappa shape index (κ2) is 5.46. The van der Waals surface area contributed by atoms with Crippen molar-refractivity contribution in [3.05, 3.63) is 35.4 Å². The molecule has 0 unspecified atom stereocenters. The van der Waals surface area contributed by atoms with Crippen LogP contribution in [0.5, 0.6) is 0 Å². The molecule has 1 aliphatic heterocycles. The Balaban J connectivity index is 2.27. The van der Waals surface area contributed by atoms with Crippen molar-refractivity contribution in [3.8, 4) is 0 Å². The fourth-order valence-corrected chi connectivity index (χ4v) is 2.52. The molecule has 4 heteroatoms. The number of hydrogen-bond donors (Lipinski definition) is 0. The maximum Gasteiger partial charge on any atom is 0.257 e. The third kappa shape index (κ3) is 2.37. The lowest BCUT2D eigenvalue weighted by molar-refractivity contribution is 0.0602. The molecular formula is C14H17F2NO. The minimum absolute atomic E-state index is 0.147. The van der Waals surface area contributed by atoms with Gasteiger partial charge in [-0.3, -0.25) is 4.79 Å². The highest BCUT2D eigenvalue weighted by Gasteiger charge is 2.28. The first-order chi connectivity index (χ1) is 8.65. The number of benzene rings is 1. The lowest BCUT2D eigenvalue weighted by Crippen LogP contribution is -2.43. The average Bonchev–Trinajstić information content (AvgIpc) is 2.41. The summed E-state index contributed by atoms with van der Waals surface area (Å²) in [7, 11) is 0. The quantitative estimate of drug-likeness (QED) is 0.791. The predicted octanol–water partition coefficient (Wildman–Crippen LogP) is 3.37. The molecule has 0 saturated carbocycles. The van der Waals surface area contributed by atoms with Crippen LogP contribution in [0.4, 0.5) is 8.78 Å². The molecule has 1 aromatic rings. The van der Waals surface area contributed by atoms with Gasteiger partial charge in [-0.1, -0.05) is 13.0 Å². The first-order valence-electron chi connectivity index (χ1n) is 6.40. The van der Waals surface area contributed by atoms with Crippen LogP contribution in [0.2, 0.25) is 0 Å². The summed E-state index contributed by atoms with van der Waals surface area (Å²) in [4.78, 5) is 13.9. The summed E-state index contributed by atoms with van der Waals surface area (Å²) in [6, 6.07) is 3.90. The SMILES string of the molecule is CC[C@H]1CCCCN1C(=O)c1cccc(F)c1F. The lowest BCUT2D eigenvalue weighted by Gasteiger charge is -2.35. The molecule has 1 aliphatic rings. The smallest absolute Gasteiger partial charge is 0.257 e. The van der Waals surface area contributed by atoms with Crippen LogP contribution in [0.3, 0.4) is 0 Å². The van der Waals surface area contributed by atoms with Crippen molar-refractivity contribution < 1.29 is 13.6 Å². The molecule has 1 heterocycles. The molecule has 1 fully saturated rings. The first kappa shape index (κ1) is 13.0. The van der Waals surface area contributed by atoms with Crippen molar-refractivity contribution in [2.75, 3.05) is 6.54 Å². The Morgan fingerprint density at radius 3 is 2.89 bits per heavy atom. The van der Waals surface area contributed by atoms with E-state index < -0.39 is 17.5 Å². The summed E-state index contributed by atoms with van der Waals surface area (Å²) in [5, 5.41) is 0. The monoisotopic (exact) mass is 253 g/mol. The van der Waals surface area contributed by atoms with Crippen LogP contribution in [0.25, 0.3) is 0 Å². The van der Waals surface area contributed by atoms with Crippen molar-refractivity contribution in [3.63, 3.8) is 0 Å². The second-order valence-corrected chi connectivity index (χ2v) is 4.66. The molecule has 98 valence electrons. The molecule has 1 aromatic carbocycles. The van der Waals surface area contributed by atoms with Crippen LogP contribution in [0, 0.1) is 11.6 Å². The second-order valence-electron chi connectivity index (χ2n) is 4.66. The summed E-state index contributed by atoms with van der Waals surface area (Å²) >= 11 is 0. The summed E-state index contributed by atoms with van der Waals surface area (Å²) in [5.41, 5.74) is -0.157. The van der Waals surface area contributed by atoms with Crippen molar-refractivity contribution in [1.29, 1.82) is 0 Å². The molecule has 0 spiro atoms. The Bertz CT molecular complexity index is 447. The van der Waals surface area contributed by atoms with Crippen molar-refractivity contribution >= 4 is 5.91 Å². The highest BCUT2D eigenvalue weighted by atomic mass is 19.2. The lowest BCUT2D eigenvalue weighted by atomic mass is 9.99. The Morgan fingerprint density at radius 1 is 1.39 bits per heavy atom. The minimum atomic E-state index is -1.04. The predicted molar refractivity (Wildman–Crippen MR) is 65.3 cm³/mol. The molecule has 0 N–H and O–H groups in total. The van der Waals surface area contributed by atoms with Gasteiger partial charge in [0.05, 0.1) is 5.56 Å². The zero-order chi connectivity index (χ0) is 13.1. The van der Waals surface area contributed by atoms with Crippen LogP contribution >= 0.6 is 0 Å². The van der Waals surface area contributed by atoms with Gasteiger partial charge in [0.15, 0.2) is 11.6 Å². The van der Waals surface area contributed by atoms with Gasteiger partial charge >= 0.3 is 0 Å². The highest BCUT2D eigenvalue weighted by molar-refractivity contribution is 5.94. The zero-order valence-corrected chi connectivity index (χ0v) is 10.5. The van der Waals surface area contributed by atoms with Crippen molar-refractivity contribution in [1.82, 2.24) is 4.90 Å². The Kier molecular flexibility index (Phi) is 3.94. The van der Waals surface area contributed by atoms with Gasteiger partial charge in [-0.15, -0.1) is 0 Å². The van der Waals surface area contributed by atoms with Gasteiger partial charge < -0.3 is 4.90 Å². The molecular weight excluding hydrogens is 236 g/mol. The molecule has 18 heavy (non-hydrogen) atoms. The van der Waals surface area contributed by atoms with Crippen LogP contribution in [-0.2, 0) is 0 Å². The topological polar surface area (TPSA) is 20.3 Å². The van der Waals surface area contributed by atoms with E-state index in [0.29, 0.717) is 6.54 Å². The van der Waals surface area contributed by atoms with Crippen LogP contribution < -0.4 is 0 Å². The maximum atomic E-state index is 13.6. The average molecular weight is 253 g/mol. The summed E-state index contributed by atoms with van der Waals surface area (Å²) < 4.78 is 26.8. The van der Waals surface area contributed by atoms with Gasteiger partial charge in [0.25, 0.3) is 5.91 Å². The van der Waals surface area contributed by atoms with Gasteiger partial charge in [-0.25, -0.2) is 8.78 Å². The highest BCUT2D eigenvalue weighted by Crippen LogP contribution is 2.23. The van der Waals surface area contributed by atoms with E-state index >= 15 is 0 Å². The first-order valence-corrected chi connectivity index (χ1v) is 6.40. The summed E-state index contributed by atoms with van der Waals surface area (Å²) in [6.07, 6.45) is 3.81. The fraction of sp³-hybridized carbons (Fsp3) is 0.500. The number of carbonyl (C=O) groups excluding carboxylic acids is 1. The van der Waals surface area contributed by atoms with E-state index in [0.717, 1.165) is 31.7 Å². The van der Waals surface area contributed by atoms with E-state index in [2.05, 4.69) is 0 Å². The van der Waals surface area contributed by atoms with E-state index in [9.17, 15) is 13.6 Å². The number of halogens is 2. The zero-order valence-electron chi connectivity index (χ0n) is 10.5. The number of rotatable bonds is 2. The molecule has 1 amide bonds. The summed E-state index contributed by atoms with van der Waals surface area (Å²) in [5.74, 6) is -2.40. The van der Waals surface area contributed by atoms with Crippen molar-refractivity contribution in [2.24, 2.45) is 0 Å². The van der Waals surface area contributed by atoms with Crippen LogP contribution in [0.15, 0.2) is 18.2 Å². The third-order valence-corrected chi connectivity index (χ3v) is 3.54. The van der Waals surface area contributed by atoms with Crippen molar-refractivity contribution in [2.45, 2.75) is 38.6 Å². The van der Waals surface area contributed by atoms with Gasteiger partial charge in [0, 0.05) is 12.6 Å². The molecule has 1 saturated heterocycles. The number of nitrogens with zero attached hydrogens (tertiary/aromatic N) is 1. The molecule has 0 bridgehead atoms. The molecule has 0 radical (unpaired) electrons. The van der Waals surface area contributed by atoms with Gasteiger partial charge in [-0.2, -0.15) is 0 Å². The number of hydrogen-bond acceptors (Lipinski definition) is 1. The Hall–Kier alpha value is -1.45. The fourth-order valence-electron chi connectivity index (χ4n) is 2.52. The molecule has 2 rings (SSSR count). The van der Waals surface area contributed by atoms with Gasteiger partial charge in [0.2, 0.25) is 0 Å². The minimum Gasteiger partial charge on any atom is -0.336 e. The van der Waals surface area contributed by atoms with E-state index in [-0.39, 0.29) is 11.6 Å². The third-order valence-electron chi connectivity index (χ3n) is 3.54. The number of likely N-dealkylation sites (tertiary alicyclic amines) is 1. The largest absolute Gasteiger partial charge is 0.336 e. The van der Waals surface area contributed by atoms with Crippen LogP contribution in [0.1, 0.15) is 43.0 Å². The van der Waals surface area contributed by atoms with E-state index in [1.807, 2.05) is 6.92 Å². The van der Waals surface area contributed by atoms with Gasteiger partial charge in [0.1, 0.15) is 0 Å². The molecule has 1 atom stereocenters. The summed E-state index contributed by atoms with van der Waals surface area (Å²) in [6.45, 7) is 2.64. The Morgan fingerprint density at radius 2 is 2.17 bits per heavy atom. The van der Waals surface area contributed by atoms with Gasteiger partial charge in [-0.05, 0) is 37.8 Å². The van der Waals surface area contributed by atoms with E-state index in [4.69, 9.17) is 0 Å². The standard InChI is InChI=1S/C14H17F2NO/c1-2-10-6-3-4-9-17(10)14(18)11-7-5-8-12(15)13(11)16/h5,7-8,10H,2-4,6,9H2,1H3/t10-/m0/s1. The number of carbonyl (C=O) groups is 1. The van der Waals surface area contributed by atoms with Crippen LogP contribution in [-0.4, -0.2) is 23.4 Å². The Labute approximate surface area is 106 Å². The molecule has 0 aliphatic carbocycles. The number of amides is 1. The number of piperidine rings is 1. The maximum absolute atomic E-state index is 13.6. The van der Waals surface area contributed by atoms with E-state index in [1.165, 1.54) is 12.1 Å².